The molecule has 0 radical (unpaired) electrons. The lowest BCUT2D eigenvalue weighted by molar-refractivity contribution is -0.00461. The Labute approximate surface area is 115 Å². The van der Waals surface area contributed by atoms with E-state index in [2.05, 4.69) is 9.88 Å². The SMILES string of the molecule is COC1CN(c2nc3sccn3c2CO)CC1OC. The number of thiazole rings is 1. The highest BCUT2D eigenvalue weighted by Crippen LogP contribution is 2.28. The highest BCUT2D eigenvalue weighted by molar-refractivity contribution is 7.15. The van der Waals surface area contributed by atoms with Gasteiger partial charge < -0.3 is 19.5 Å². The number of ether oxygens (including phenoxy) is 2. The van der Waals surface area contributed by atoms with E-state index in [1.165, 1.54) is 0 Å². The van der Waals surface area contributed by atoms with Crippen LogP contribution in [-0.4, -0.2) is 54.0 Å². The average Bonchev–Trinajstić information content (AvgIpc) is 3.10. The largest absolute Gasteiger partial charge is 0.390 e. The van der Waals surface area contributed by atoms with E-state index < -0.39 is 0 Å². The number of imidazole rings is 1. The number of hydrogen-bond donors (Lipinski definition) is 1. The Kier molecular flexibility index (Phi) is 3.44. The van der Waals surface area contributed by atoms with Crippen molar-refractivity contribution in [2.75, 3.05) is 32.2 Å². The molecule has 1 aliphatic heterocycles. The molecular weight excluding hydrogens is 266 g/mol. The van der Waals surface area contributed by atoms with Gasteiger partial charge in [-0.3, -0.25) is 4.40 Å². The number of anilines is 1. The molecule has 2 unspecified atom stereocenters. The van der Waals surface area contributed by atoms with Crippen LogP contribution in [-0.2, 0) is 16.1 Å². The first-order valence-corrected chi connectivity index (χ1v) is 7.02. The lowest BCUT2D eigenvalue weighted by Gasteiger charge is -2.16. The van der Waals surface area contributed by atoms with Crippen LogP contribution in [0.5, 0.6) is 0 Å². The Morgan fingerprint density at radius 1 is 1.37 bits per heavy atom. The summed E-state index contributed by atoms with van der Waals surface area (Å²) < 4.78 is 12.8. The number of rotatable bonds is 4. The van der Waals surface area contributed by atoms with Crippen LogP contribution in [0.3, 0.4) is 0 Å². The van der Waals surface area contributed by atoms with Crippen molar-refractivity contribution in [1.29, 1.82) is 0 Å². The van der Waals surface area contributed by atoms with Crippen LogP contribution in [0.1, 0.15) is 5.69 Å². The number of aliphatic hydroxyl groups excluding tert-OH is 1. The quantitative estimate of drug-likeness (QED) is 0.897. The van der Waals surface area contributed by atoms with Crippen molar-refractivity contribution in [3.05, 3.63) is 17.3 Å². The van der Waals surface area contributed by atoms with Crippen LogP contribution in [0.4, 0.5) is 5.82 Å². The van der Waals surface area contributed by atoms with E-state index in [0.717, 1.165) is 29.6 Å². The summed E-state index contributed by atoms with van der Waals surface area (Å²) in [6.45, 7) is 1.43. The third kappa shape index (κ3) is 2.02. The van der Waals surface area contributed by atoms with Gasteiger partial charge in [-0.25, -0.2) is 4.98 Å². The normalized spacial score (nSPS) is 23.6. The van der Waals surface area contributed by atoms with E-state index in [-0.39, 0.29) is 18.8 Å². The summed E-state index contributed by atoms with van der Waals surface area (Å²) in [5.74, 6) is 0.830. The monoisotopic (exact) mass is 283 g/mol. The summed E-state index contributed by atoms with van der Waals surface area (Å²) in [5.41, 5.74) is 0.822. The Morgan fingerprint density at radius 2 is 2.05 bits per heavy atom. The van der Waals surface area contributed by atoms with Crippen molar-refractivity contribution in [2.45, 2.75) is 18.8 Å². The molecule has 6 nitrogen and oxygen atoms in total. The van der Waals surface area contributed by atoms with Crippen molar-refractivity contribution < 1.29 is 14.6 Å². The van der Waals surface area contributed by atoms with Crippen LogP contribution in [0, 0.1) is 0 Å². The van der Waals surface area contributed by atoms with Crippen molar-refractivity contribution in [1.82, 2.24) is 9.38 Å². The molecule has 1 aliphatic rings. The molecule has 104 valence electrons. The first kappa shape index (κ1) is 12.9. The van der Waals surface area contributed by atoms with Gasteiger partial charge in [-0.2, -0.15) is 0 Å². The maximum absolute atomic E-state index is 9.58. The van der Waals surface area contributed by atoms with E-state index in [0.29, 0.717) is 0 Å². The number of hydrogen-bond acceptors (Lipinski definition) is 6. The lowest BCUT2D eigenvalue weighted by atomic mass is 10.3. The summed E-state index contributed by atoms with van der Waals surface area (Å²) in [6, 6.07) is 0. The Balaban J connectivity index is 1.94. The molecule has 0 saturated carbocycles. The standard InChI is InChI=1S/C12H17N3O3S/c1-17-9-5-14(6-10(9)18-2)11-8(7-16)15-3-4-19-12(15)13-11/h3-4,9-10,16H,5-7H2,1-2H3. The number of fused-ring (bicyclic) bond motifs is 1. The molecule has 0 aliphatic carbocycles. The molecule has 7 heteroatoms. The summed E-state index contributed by atoms with van der Waals surface area (Å²) >= 11 is 1.56. The molecule has 2 aromatic heterocycles. The van der Waals surface area contributed by atoms with E-state index in [1.807, 2.05) is 16.0 Å². The van der Waals surface area contributed by atoms with Gasteiger partial charge in [0.15, 0.2) is 10.8 Å². The number of aromatic nitrogens is 2. The smallest absolute Gasteiger partial charge is 0.195 e. The molecule has 0 bridgehead atoms. The minimum Gasteiger partial charge on any atom is -0.390 e. The first-order chi connectivity index (χ1) is 9.28. The Bertz CT molecular complexity index is 556. The fraction of sp³-hybridized carbons (Fsp3) is 0.583. The van der Waals surface area contributed by atoms with Gasteiger partial charge in [-0.1, -0.05) is 0 Å². The van der Waals surface area contributed by atoms with Gasteiger partial charge >= 0.3 is 0 Å². The molecule has 0 amide bonds. The predicted octanol–water partition coefficient (Wildman–Crippen LogP) is 0.738. The fourth-order valence-corrected chi connectivity index (χ4v) is 3.32. The van der Waals surface area contributed by atoms with Crippen molar-refractivity contribution >= 4 is 22.1 Å². The van der Waals surface area contributed by atoms with Gasteiger partial charge in [0.2, 0.25) is 0 Å². The minimum atomic E-state index is -0.0287. The van der Waals surface area contributed by atoms with Gasteiger partial charge in [0, 0.05) is 38.9 Å². The molecule has 2 atom stereocenters. The molecule has 1 saturated heterocycles. The molecule has 3 rings (SSSR count). The van der Waals surface area contributed by atoms with Crippen molar-refractivity contribution in [3.63, 3.8) is 0 Å². The van der Waals surface area contributed by atoms with Crippen LogP contribution in [0.25, 0.3) is 4.96 Å². The Morgan fingerprint density at radius 3 is 2.63 bits per heavy atom. The zero-order valence-electron chi connectivity index (χ0n) is 10.9. The van der Waals surface area contributed by atoms with E-state index in [1.54, 1.807) is 25.6 Å². The van der Waals surface area contributed by atoms with Gasteiger partial charge in [-0.15, -0.1) is 11.3 Å². The van der Waals surface area contributed by atoms with Crippen LogP contribution in [0.2, 0.25) is 0 Å². The highest BCUT2D eigenvalue weighted by Gasteiger charge is 2.35. The second kappa shape index (κ2) is 5.09. The van der Waals surface area contributed by atoms with E-state index in [4.69, 9.17) is 9.47 Å². The van der Waals surface area contributed by atoms with Gasteiger partial charge in [0.25, 0.3) is 0 Å². The number of methoxy groups -OCH3 is 2. The average molecular weight is 283 g/mol. The summed E-state index contributed by atoms with van der Waals surface area (Å²) in [5, 5.41) is 11.5. The second-order valence-corrected chi connectivity index (χ2v) is 5.42. The second-order valence-electron chi connectivity index (χ2n) is 4.55. The molecular formula is C12H17N3O3S. The van der Waals surface area contributed by atoms with E-state index >= 15 is 0 Å². The molecule has 1 N–H and O–H groups in total. The molecule has 2 aromatic rings. The minimum absolute atomic E-state index is 0.0287. The molecule has 0 aromatic carbocycles. The van der Waals surface area contributed by atoms with Gasteiger partial charge in [0.05, 0.1) is 12.3 Å². The summed E-state index contributed by atoms with van der Waals surface area (Å²) in [6.07, 6.45) is 2.01. The number of aliphatic hydroxyl groups is 1. The maximum Gasteiger partial charge on any atom is 0.195 e. The zero-order valence-corrected chi connectivity index (χ0v) is 11.8. The predicted molar refractivity (Wildman–Crippen MR) is 72.8 cm³/mol. The fourth-order valence-electron chi connectivity index (χ4n) is 2.59. The molecule has 3 heterocycles. The maximum atomic E-state index is 9.58. The number of nitrogens with zero attached hydrogens (tertiary/aromatic N) is 3. The van der Waals surface area contributed by atoms with Gasteiger partial charge in [-0.05, 0) is 0 Å². The highest BCUT2D eigenvalue weighted by atomic mass is 32.1. The van der Waals surface area contributed by atoms with Crippen molar-refractivity contribution in [3.8, 4) is 0 Å². The van der Waals surface area contributed by atoms with Crippen molar-refractivity contribution in [2.24, 2.45) is 0 Å². The van der Waals surface area contributed by atoms with Crippen LogP contribution >= 0.6 is 11.3 Å². The Hall–Kier alpha value is -1.15. The first-order valence-electron chi connectivity index (χ1n) is 6.14. The molecule has 1 fully saturated rings. The third-order valence-electron chi connectivity index (χ3n) is 3.61. The molecule has 19 heavy (non-hydrogen) atoms. The van der Waals surface area contributed by atoms with Crippen LogP contribution < -0.4 is 4.90 Å². The van der Waals surface area contributed by atoms with Gasteiger partial charge in [0.1, 0.15) is 12.2 Å². The van der Waals surface area contributed by atoms with Crippen LogP contribution in [0.15, 0.2) is 11.6 Å². The molecule has 0 spiro atoms. The zero-order chi connectivity index (χ0) is 13.4. The summed E-state index contributed by atoms with van der Waals surface area (Å²) in [4.78, 5) is 7.62. The summed E-state index contributed by atoms with van der Waals surface area (Å²) in [7, 11) is 3.39. The third-order valence-corrected chi connectivity index (χ3v) is 4.37. The van der Waals surface area contributed by atoms with E-state index in [9.17, 15) is 5.11 Å². The lowest BCUT2D eigenvalue weighted by Crippen LogP contribution is -2.27. The topological polar surface area (TPSA) is 59.2 Å².